The summed E-state index contributed by atoms with van der Waals surface area (Å²) < 4.78 is 6.24. The molecule has 2 heterocycles. The Labute approximate surface area is 134 Å². The van der Waals surface area contributed by atoms with Gasteiger partial charge in [0.25, 0.3) is 0 Å². The lowest BCUT2D eigenvalue weighted by atomic mass is 9.85. The summed E-state index contributed by atoms with van der Waals surface area (Å²) in [7, 11) is 0. The lowest BCUT2D eigenvalue weighted by Crippen LogP contribution is -2.08. The van der Waals surface area contributed by atoms with Gasteiger partial charge in [-0.25, -0.2) is 0 Å². The van der Waals surface area contributed by atoms with Crippen molar-refractivity contribution >= 4 is 0 Å². The number of rotatable bonds is 1. The van der Waals surface area contributed by atoms with E-state index in [4.69, 9.17) is 4.74 Å². The van der Waals surface area contributed by atoms with Crippen LogP contribution >= 0.6 is 0 Å². The standard InChI is InChI=1S/C21H26O/c1-15(2)19-13-10-16(3)6-4-7-17-11-12-18-8-5-9-20(19)21(18)22-14-17/h5-6,8-9,11,19H,1,4,7,10,12-14H2,2-3H3/b16-6-/t19-/m0/s1. The molecular formula is C21H26O. The van der Waals surface area contributed by atoms with E-state index in [0.717, 1.165) is 44.5 Å². The molecule has 0 fully saturated rings. The van der Waals surface area contributed by atoms with Gasteiger partial charge in [-0.15, -0.1) is 0 Å². The molecule has 1 aromatic carbocycles. The van der Waals surface area contributed by atoms with Crippen LogP contribution in [0.4, 0.5) is 0 Å². The summed E-state index contributed by atoms with van der Waals surface area (Å²) in [6, 6.07) is 6.61. The summed E-state index contributed by atoms with van der Waals surface area (Å²) in [4.78, 5) is 0. The number of para-hydroxylation sites is 1. The minimum atomic E-state index is 0.388. The molecule has 1 nitrogen and oxygen atoms in total. The molecule has 0 aromatic heterocycles. The van der Waals surface area contributed by atoms with Gasteiger partial charge in [-0.2, -0.15) is 0 Å². The van der Waals surface area contributed by atoms with Gasteiger partial charge in [0.05, 0.1) is 0 Å². The Morgan fingerprint density at radius 1 is 1.23 bits per heavy atom. The summed E-state index contributed by atoms with van der Waals surface area (Å²) in [5.74, 6) is 1.50. The number of allylic oxidation sites excluding steroid dienone is 4. The molecule has 0 radical (unpaired) electrons. The average molecular weight is 294 g/mol. The molecule has 0 saturated carbocycles. The van der Waals surface area contributed by atoms with Crippen molar-refractivity contribution in [3.8, 4) is 5.75 Å². The smallest absolute Gasteiger partial charge is 0.127 e. The van der Waals surface area contributed by atoms with Crippen molar-refractivity contribution in [1.29, 1.82) is 0 Å². The topological polar surface area (TPSA) is 9.23 Å². The molecule has 1 aromatic rings. The molecule has 116 valence electrons. The molecule has 0 aliphatic carbocycles. The molecule has 1 heteroatoms. The quantitative estimate of drug-likeness (QED) is 0.601. The highest BCUT2D eigenvalue weighted by Gasteiger charge is 2.21. The van der Waals surface area contributed by atoms with Crippen molar-refractivity contribution in [2.24, 2.45) is 0 Å². The Kier molecular flexibility index (Phi) is 4.52. The second-order valence-corrected chi connectivity index (χ2v) is 6.72. The average Bonchev–Trinajstić information content (AvgIpc) is 2.69. The molecule has 0 spiro atoms. The summed E-state index contributed by atoms with van der Waals surface area (Å²) in [6.45, 7) is 9.39. The van der Waals surface area contributed by atoms with Crippen LogP contribution in [0.2, 0.25) is 0 Å². The van der Waals surface area contributed by atoms with Crippen LogP contribution < -0.4 is 4.74 Å². The van der Waals surface area contributed by atoms with Gasteiger partial charge in [-0.1, -0.05) is 48.1 Å². The highest BCUT2D eigenvalue weighted by atomic mass is 16.5. The molecule has 0 N–H and O–H groups in total. The van der Waals surface area contributed by atoms with Crippen molar-refractivity contribution < 1.29 is 4.74 Å². The summed E-state index contributed by atoms with van der Waals surface area (Å²) >= 11 is 0. The maximum absolute atomic E-state index is 6.24. The minimum Gasteiger partial charge on any atom is -0.489 e. The molecule has 2 aliphatic heterocycles. The van der Waals surface area contributed by atoms with Gasteiger partial charge in [0, 0.05) is 11.5 Å². The molecule has 3 rings (SSSR count). The first-order valence-electron chi connectivity index (χ1n) is 8.38. The molecule has 22 heavy (non-hydrogen) atoms. The number of ether oxygens (including phenoxy) is 1. The van der Waals surface area contributed by atoms with Crippen LogP contribution in [0.3, 0.4) is 0 Å². The maximum Gasteiger partial charge on any atom is 0.127 e. The fourth-order valence-electron chi connectivity index (χ4n) is 3.51. The number of hydrogen-bond acceptors (Lipinski definition) is 1. The molecule has 0 unspecified atom stereocenters. The maximum atomic E-state index is 6.24. The molecule has 0 saturated heterocycles. The fraction of sp³-hybridized carbons (Fsp3) is 0.429. The zero-order valence-electron chi connectivity index (χ0n) is 13.8. The van der Waals surface area contributed by atoms with E-state index in [1.165, 1.54) is 27.8 Å². The molecular weight excluding hydrogens is 268 g/mol. The van der Waals surface area contributed by atoms with Gasteiger partial charge in [0.2, 0.25) is 0 Å². The molecule has 1 atom stereocenters. The molecule has 2 aliphatic rings. The Bertz CT molecular complexity index is 633. The number of fused-ring (bicyclic) bond motifs is 2. The summed E-state index contributed by atoms with van der Waals surface area (Å²) in [5.41, 5.74) is 6.82. The Morgan fingerprint density at radius 3 is 2.91 bits per heavy atom. The third-order valence-corrected chi connectivity index (χ3v) is 4.90. The van der Waals surface area contributed by atoms with Gasteiger partial charge in [-0.3, -0.25) is 0 Å². The summed E-state index contributed by atoms with van der Waals surface area (Å²) in [6.07, 6.45) is 10.3. The number of hydrogen-bond donors (Lipinski definition) is 0. The highest BCUT2D eigenvalue weighted by Crippen LogP contribution is 2.39. The molecule has 0 amide bonds. The minimum absolute atomic E-state index is 0.388. The fourth-order valence-corrected chi connectivity index (χ4v) is 3.51. The van der Waals surface area contributed by atoms with Crippen LogP contribution in [0.15, 0.2) is 53.6 Å². The van der Waals surface area contributed by atoms with E-state index >= 15 is 0 Å². The first-order valence-corrected chi connectivity index (χ1v) is 8.38. The Morgan fingerprint density at radius 2 is 2.09 bits per heavy atom. The first-order chi connectivity index (χ1) is 10.6. The SMILES string of the molecule is C=C(C)[C@@H]1CC/C(C)=C\CCC2=CCc3cccc1c3OC2. The van der Waals surface area contributed by atoms with E-state index in [1.807, 2.05) is 0 Å². The predicted molar refractivity (Wildman–Crippen MR) is 93.5 cm³/mol. The van der Waals surface area contributed by atoms with E-state index in [2.05, 4.69) is 50.8 Å². The van der Waals surface area contributed by atoms with Crippen LogP contribution in [0.1, 0.15) is 56.6 Å². The highest BCUT2D eigenvalue weighted by molar-refractivity contribution is 5.48. The van der Waals surface area contributed by atoms with Gasteiger partial charge >= 0.3 is 0 Å². The van der Waals surface area contributed by atoms with Crippen molar-refractivity contribution in [2.45, 2.75) is 51.9 Å². The third kappa shape index (κ3) is 3.19. The third-order valence-electron chi connectivity index (χ3n) is 4.90. The van der Waals surface area contributed by atoms with Crippen LogP contribution in [0.25, 0.3) is 0 Å². The van der Waals surface area contributed by atoms with Crippen molar-refractivity contribution in [3.63, 3.8) is 0 Å². The van der Waals surface area contributed by atoms with E-state index in [1.54, 1.807) is 0 Å². The number of benzene rings is 1. The zero-order chi connectivity index (χ0) is 15.5. The lowest BCUT2D eigenvalue weighted by molar-refractivity contribution is 0.342. The zero-order valence-corrected chi connectivity index (χ0v) is 13.8. The summed E-state index contributed by atoms with van der Waals surface area (Å²) in [5, 5.41) is 0. The van der Waals surface area contributed by atoms with Crippen LogP contribution in [0, 0.1) is 0 Å². The monoisotopic (exact) mass is 294 g/mol. The van der Waals surface area contributed by atoms with E-state index in [0.29, 0.717) is 5.92 Å². The Hall–Kier alpha value is -1.76. The van der Waals surface area contributed by atoms with E-state index in [9.17, 15) is 0 Å². The van der Waals surface area contributed by atoms with Gasteiger partial charge in [0.15, 0.2) is 0 Å². The van der Waals surface area contributed by atoms with Gasteiger partial charge in [0.1, 0.15) is 12.4 Å². The van der Waals surface area contributed by atoms with Gasteiger partial charge < -0.3 is 4.74 Å². The largest absolute Gasteiger partial charge is 0.489 e. The van der Waals surface area contributed by atoms with E-state index in [-0.39, 0.29) is 0 Å². The lowest BCUT2D eigenvalue weighted by Gasteiger charge is -2.23. The van der Waals surface area contributed by atoms with E-state index < -0.39 is 0 Å². The van der Waals surface area contributed by atoms with Crippen LogP contribution in [-0.2, 0) is 6.42 Å². The molecule has 2 bridgehead atoms. The first kappa shape index (κ1) is 15.1. The van der Waals surface area contributed by atoms with Crippen molar-refractivity contribution in [1.82, 2.24) is 0 Å². The second kappa shape index (κ2) is 6.56. The normalized spacial score (nSPS) is 24.0. The predicted octanol–water partition coefficient (Wildman–Crippen LogP) is 5.73. The van der Waals surface area contributed by atoms with Gasteiger partial charge in [-0.05, 0) is 57.1 Å². The van der Waals surface area contributed by atoms with Crippen LogP contribution in [-0.4, -0.2) is 6.61 Å². The second-order valence-electron chi connectivity index (χ2n) is 6.72. The van der Waals surface area contributed by atoms with Crippen molar-refractivity contribution in [2.75, 3.05) is 6.61 Å². The Balaban J connectivity index is 2.06. The van der Waals surface area contributed by atoms with Crippen LogP contribution in [0.5, 0.6) is 5.75 Å². The van der Waals surface area contributed by atoms with Crippen molar-refractivity contribution in [3.05, 3.63) is 64.8 Å².